The van der Waals surface area contributed by atoms with Gasteiger partial charge in [0.2, 0.25) is 0 Å². The number of esters is 1. The third-order valence-corrected chi connectivity index (χ3v) is 4.95. The second-order valence-electron chi connectivity index (χ2n) is 5.51. The van der Waals surface area contributed by atoms with Crippen molar-refractivity contribution in [1.29, 1.82) is 0 Å². The van der Waals surface area contributed by atoms with E-state index in [-0.39, 0.29) is 24.5 Å². The molecule has 0 saturated heterocycles. The lowest BCUT2D eigenvalue weighted by Crippen LogP contribution is -2.37. The van der Waals surface area contributed by atoms with Crippen LogP contribution in [-0.4, -0.2) is 45.8 Å². The molecule has 7 heteroatoms. The molecule has 0 radical (unpaired) electrons. The molecule has 22 heavy (non-hydrogen) atoms. The molecule has 0 N–H and O–H groups in total. The molecule has 2 aromatic rings. The van der Waals surface area contributed by atoms with Crippen LogP contribution in [0.3, 0.4) is 0 Å². The molecule has 6 nitrogen and oxygen atoms in total. The van der Waals surface area contributed by atoms with Gasteiger partial charge in [-0.3, -0.25) is 14.3 Å². The van der Waals surface area contributed by atoms with E-state index in [0.717, 1.165) is 28.8 Å². The third kappa shape index (κ3) is 2.72. The molecule has 1 fully saturated rings. The zero-order chi connectivity index (χ0) is 15.9. The summed E-state index contributed by atoms with van der Waals surface area (Å²) < 4.78 is 6.77. The molecule has 1 aliphatic rings. The Hall–Kier alpha value is -1.89. The van der Waals surface area contributed by atoms with E-state index in [4.69, 9.17) is 4.74 Å². The van der Waals surface area contributed by atoms with Crippen LogP contribution in [-0.2, 0) is 16.6 Å². The van der Waals surface area contributed by atoms with Crippen LogP contribution in [0.1, 0.15) is 35.1 Å². The molecular formula is C15H19N3O3S. The monoisotopic (exact) mass is 321 g/mol. The number of ether oxygens (including phenoxy) is 1. The van der Waals surface area contributed by atoms with Crippen LogP contribution < -0.4 is 0 Å². The summed E-state index contributed by atoms with van der Waals surface area (Å²) in [6.45, 7) is 4.06. The summed E-state index contributed by atoms with van der Waals surface area (Å²) in [7, 11) is 1.87. The van der Waals surface area contributed by atoms with Crippen molar-refractivity contribution < 1.29 is 14.3 Å². The van der Waals surface area contributed by atoms with Gasteiger partial charge in [0, 0.05) is 18.5 Å². The number of amides is 1. The number of fused-ring (bicyclic) bond motifs is 1. The highest BCUT2D eigenvalue weighted by atomic mass is 32.1. The molecule has 0 aliphatic heterocycles. The smallest absolute Gasteiger partial charge is 0.325 e. The molecular weight excluding hydrogens is 302 g/mol. The minimum absolute atomic E-state index is 0.0306. The van der Waals surface area contributed by atoms with E-state index in [1.807, 2.05) is 20.0 Å². The van der Waals surface area contributed by atoms with Crippen LogP contribution >= 0.6 is 11.3 Å². The first-order valence-corrected chi connectivity index (χ1v) is 8.22. The molecule has 0 bridgehead atoms. The highest BCUT2D eigenvalue weighted by Gasteiger charge is 2.35. The van der Waals surface area contributed by atoms with Crippen molar-refractivity contribution in [3.05, 3.63) is 16.6 Å². The van der Waals surface area contributed by atoms with Crippen LogP contribution in [0, 0.1) is 6.92 Å². The van der Waals surface area contributed by atoms with Gasteiger partial charge in [0.1, 0.15) is 11.4 Å². The summed E-state index contributed by atoms with van der Waals surface area (Å²) in [6, 6.07) is 2.05. The van der Waals surface area contributed by atoms with Gasteiger partial charge in [0.15, 0.2) is 0 Å². The Balaban J connectivity index is 1.85. The third-order valence-electron chi connectivity index (χ3n) is 3.76. The van der Waals surface area contributed by atoms with Gasteiger partial charge in [-0.15, -0.1) is 11.3 Å². The zero-order valence-electron chi connectivity index (χ0n) is 13.0. The number of carbonyl (C=O) groups excluding carboxylic acids is 2. The Morgan fingerprint density at radius 1 is 1.50 bits per heavy atom. The molecule has 118 valence electrons. The maximum atomic E-state index is 12.8. The number of hydrogen-bond donors (Lipinski definition) is 0. The van der Waals surface area contributed by atoms with Gasteiger partial charge < -0.3 is 9.64 Å². The second kappa shape index (κ2) is 5.72. The van der Waals surface area contributed by atoms with Gasteiger partial charge in [-0.2, -0.15) is 5.10 Å². The van der Waals surface area contributed by atoms with Crippen molar-refractivity contribution in [2.45, 2.75) is 32.7 Å². The fourth-order valence-electron chi connectivity index (χ4n) is 2.55. The number of thiophene rings is 1. The molecule has 1 saturated carbocycles. The number of carbonyl (C=O) groups is 2. The predicted octanol–water partition coefficient (Wildman–Crippen LogP) is 2.11. The van der Waals surface area contributed by atoms with E-state index in [1.165, 1.54) is 11.3 Å². The standard InChI is InChI=1S/C15H19N3O3S/c1-4-21-13(19)8-18(10-5-6-10)14(20)12-7-11-9(2)16-17(3)15(11)22-12/h7,10H,4-6,8H2,1-3H3. The fraction of sp³-hybridized carbons (Fsp3) is 0.533. The van der Waals surface area contributed by atoms with E-state index < -0.39 is 0 Å². The zero-order valence-corrected chi connectivity index (χ0v) is 13.8. The van der Waals surface area contributed by atoms with Crippen molar-refractivity contribution in [2.24, 2.45) is 7.05 Å². The topological polar surface area (TPSA) is 64.4 Å². The number of aryl methyl sites for hydroxylation is 2. The Morgan fingerprint density at radius 2 is 2.23 bits per heavy atom. The lowest BCUT2D eigenvalue weighted by molar-refractivity contribution is -0.143. The fourth-order valence-corrected chi connectivity index (χ4v) is 3.63. The van der Waals surface area contributed by atoms with Gasteiger partial charge in [-0.25, -0.2) is 0 Å². The quantitative estimate of drug-likeness (QED) is 0.791. The molecule has 0 unspecified atom stereocenters. The largest absolute Gasteiger partial charge is 0.465 e. The molecule has 3 rings (SSSR count). The maximum absolute atomic E-state index is 12.8. The Labute approximate surface area is 132 Å². The van der Waals surface area contributed by atoms with E-state index in [9.17, 15) is 9.59 Å². The van der Waals surface area contributed by atoms with Crippen LogP contribution in [0.25, 0.3) is 10.2 Å². The first-order valence-electron chi connectivity index (χ1n) is 7.41. The minimum atomic E-state index is -0.346. The van der Waals surface area contributed by atoms with Gasteiger partial charge in [0.25, 0.3) is 5.91 Å². The number of nitrogens with zero attached hydrogens (tertiary/aromatic N) is 3. The molecule has 1 aliphatic carbocycles. The van der Waals surface area contributed by atoms with E-state index >= 15 is 0 Å². The van der Waals surface area contributed by atoms with Crippen molar-refractivity contribution in [2.75, 3.05) is 13.2 Å². The van der Waals surface area contributed by atoms with Gasteiger partial charge in [0.05, 0.1) is 17.2 Å². The van der Waals surface area contributed by atoms with Crippen LogP contribution in [0.2, 0.25) is 0 Å². The van der Waals surface area contributed by atoms with E-state index in [1.54, 1.807) is 16.5 Å². The van der Waals surface area contributed by atoms with Crippen molar-refractivity contribution >= 4 is 33.4 Å². The highest BCUT2D eigenvalue weighted by molar-refractivity contribution is 7.20. The van der Waals surface area contributed by atoms with Crippen LogP contribution in [0.15, 0.2) is 6.07 Å². The average Bonchev–Trinajstić information content (AvgIpc) is 3.14. The molecule has 0 aromatic carbocycles. The molecule has 0 atom stereocenters. The summed E-state index contributed by atoms with van der Waals surface area (Å²) in [5.41, 5.74) is 0.913. The second-order valence-corrected chi connectivity index (χ2v) is 6.54. The number of rotatable bonds is 5. The maximum Gasteiger partial charge on any atom is 0.325 e. The van der Waals surface area contributed by atoms with Crippen molar-refractivity contribution in [3.63, 3.8) is 0 Å². The normalized spacial score (nSPS) is 14.3. The number of aromatic nitrogens is 2. The van der Waals surface area contributed by atoms with Gasteiger partial charge in [-0.1, -0.05) is 0 Å². The summed E-state index contributed by atoms with van der Waals surface area (Å²) in [6.07, 6.45) is 1.91. The van der Waals surface area contributed by atoms with Crippen LogP contribution in [0.5, 0.6) is 0 Å². The van der Waals surface area contributed by atoms with E-state index in [0.29, 0.717) is 11.5 Å². The predicted molar refractivity (Wildman–Crippen MR) is 84.0 cm³/mol. The molecule has 1 amide bonds. The molecule has 2 aromatic heterocycles. The number of hydrogen-bond acceptors (Lipinski definition) is 5. The summed E-state index contributed by atoms with van der Waals surface area (Å²) in [5.74, 6) is -0.433. The first-order chi connectivity index (χ1) is 10.5. The highest BCUT2D eigenvalue weighted by Crippen LogP contribution is 2.32. The lowest BCUT2D eigenvalue weighted by Gasteiger charge is -2.20. The minimum Gasteiger partial charge on any atom is -0.465 e. The summed E-state index contributed by atoms with van der Waals surface area (Å²) in [5, 5.41) is 5.35. The molecule has 0 spiro atoms. The summed E-state index contributed by atoms with van der Waals surface area (Å²) >= 11 is 1.42. The van der Waals surface area contributed by atoms with Crippen LogP contribution in [0.4, 0.5) is 0 Å². The summed E-state index contributed by atoms with van der Waals surface area (Å²) in [4.78, 5) is 27.8. The Morgan fingerprint density at radius 3 is 2.82 bits per heavy atom. The Kier molecular flexibility index (Phi) is 3.90. The Bertz CT molecular complexity index is 695. The van der Waals surface area contributed by atoms with Gasteiger partial charge >= 0.3 is 5.97 Å². The SMILES string of the molecule is CCOC(=O)CN(C(=O)c1cc2c(C)nn(C)c2s1)C1CC1. The average molecular weight is 321 g/mol. The van der Waals surface area contributed by atoms with Gasteiger partial charge in [-0.05, 0) is 32.8 Å². The molecule has 2 heterocycles. The lowest BCUT2D eigenvalue weighted by atomic mass is 10.3. The van der Waals surface area contributed by atoms with Crippen molar-refractivity contribution in [3.8, 4) is 0 Å². The van der Waals surface area contributed by atoms with Crippen molar-refractivity contribution in [1.82, 2.24) is 14.7 Å². The van der Waals surface area contributed by atoms with E-state index in [2.05, 4.69) is 5.10 Å². The first kappa shape index (κ1) is 15.0.